The van der Waals surface area contributed by atoms with Crippen molar-refractivity contribution in [1.82, 2.24) is 29.7 Å². The first-order valence-electron chi connectivity index (χ1n) is 12.3. The maximum atomic E-state index is 13.7. The fourth-order valence-electron chi connectivity index (χ4n) is 3.28. The summed E-state index contributed by atoms with van der Waals surface area (Å²) < 4.78 is 31.6. The Morgan fingerprint density at radius 1 is 1.08 bits per heavy atom. The molecule has 5 N–H and O–H groups in total. The quantitative estimate of drug-likeness (QED) is 0.102. The number of carbonyl (C=O) groups excluding carboxylic acids is 2. The molecule has 0 saturated carbocycles. The van der Waals surface area contributed by atoms with Gasteiger partial charge in [0.2, 0.25) is 13.4 Å². The van der Waals surface area contributed by atoms with Gasteiger partial charge in [-0.05, 0) is 41.5 Å². The van der Waals surface area contributed by atoms with Crippen LogP contribution >= 0.6 is 7.44 Å². The summed E-state index contributed by atoms with van der Waals surface area (Å²) in [5.74, 6) is -0.603. The van der Waals surface area contributed by atoms with Crippen LogP contribution in [-0.2, 0) is 34.9 Å². The molecule has 2 unspecified atom stereocenters. The van der Waals surface area contributed by atoms with Gasteiger partial charge in [0.1, 0.15) is 18.4 Å². The number of nitrogen functional groups attached to an aromatic ring is 1. The maximum absolute atomic E-state index is 13.7. The van der Waals surface area contributed by atoms with Gasteiger partial charge in [0.15, 0.2) is 17.0 Å². The number of nitrogens with zero attached hydrogens (tertiary/aromatic N) is 4. The van der Waals surface area contributed by atoms with Crippen LogP contribution in [0, 0.1) is 0 Å². The Kier molecular flexibility index (Phi) is 11.6. The summed E-state index contributed by atoms with van der Waals surface area (Å²) in [5.41, 5.74) is 6.88. The number of hydrogen-bond donors (Lipinski definition) is 4. The highest BCUT2D eigenvalue weighted by Crippen LogP contribution is 2.37. The Morgan fingerprint density at radius 2 is 1.66 bits per heavy atom. The van der Waals surface area contributed by atoms with Gasteiger partial charge in [-0.2, -0.15) is 9.97 Å². The molecule has 0 fully saturated rings. The van der Waals surface area contributed by atoms with Crippen molar-refractivity contribution in [3.05, 3.63) is 19.0 Å². The fraction of sp³-hybridized carbons (Fsp3) is 0.609. The summed E-state index contributed by atoms with van der Waals surface area (Å²) >= 11 is 0. The van der Waals surface area contributed by atoms with Crippen LogP contribution in [0.15, 0.2) is 19.0 Å². The first kappa shape index (κ1) is 31.2. The lowest BCUT2D eigenvalue weighted by molar-refractivity contribution is -0.149. The molecule has 0 aliphatic rings. The first-order chi connectivity index (χ1) is 17.8. The molecular formula is C23H39N8O6P. The van der Waals surface area contributed by atoms with E-state index < -0.39 is 31.5 Å². The van der Waals surface area contributed by atoms with Gasteiger partial charge in [-0.25, -0.2) is 15.2 Å². The SMILES string of the molecule is C=CCNc1nc(N)nc2c1ncn2CCOCP(=O)(NC(C)C(=O)OC(C)C)NC(C)C(=O)OC(C)C. The number of aromatic nitrogens is 4. The third kappa shape index (κ3) is 9.35. The standard InChI is InChI=1S/C23H39N8O6P/c1-8-9-25-19-18-20(28-23(24)27-19)31(12-26-18)10-11-35-13-38(34,29-16(6)21(32)36-14(2)3)30-17(7)22(33)37-15(4)5/h8,12,14-17H,1,9-11,13H2,2-7H3,(H2,29,30,34)(H3,24,25,27,28). The largest absolute Gasteiger partial charge is 0.462 e. The highest BCUT2D eigenvalue weighted by Gasteiger charge is 2.32. The van der Waals surface area contributed by atoms with E-state index >= 15 is 0 Å². The van der Waals surface area contributed by atoms with Crippen molar-refractivity contribution in [2.75, 3.05) is 30.6 Å². The summed E-state index contributed by atoms with van der Waals surface area (Å²) in [6.07, 6.45) is 2.26. The zero-order chi connectivity index (χ0) is 28.5. The van der Waals surface area contributed by atoms with Crippen molar-refractivity contribution in [2.45, 2.75) is 72.4 Å². The highest BCUT2D eigenvalue weighted by molar-refractivity contribution is 7.59. The van der Waals surface area contributed by atoms with E-state index in [1.165, 1.54) is 13.8 Å². The van der Waals surface area contributed by atoms with Gasteiger partial charge in [-0.3, -0.25) is 14.2 Å². The van der Waals surface area contributed by atoms with Crippen LogP contribution in [0.3, 0.4) is 0 Å². The van der Waals surface area contributed by atoms with Crippen LogP contribution in [-0.4, -0.2) is 75.2 Å². The van der Waals surface area contributed by atoms with Gasteiger partial charge in [-0.1, -0.05) is 6.08 Å². The number of esters is 2. The Labute approximate surface area is 222 Å². The smallest absolute Gasteiger partial charge is 0.323 e. The molecule has 212 valence electrons. The van der Waals surface area contributed by atoms with Gasteiger partial charge < -0.3 is 29.8 Å². The maximum Gasteiger partial charge on any atom is 0.323 e. The number of imidazole rings is 1. The lowest BCUT2D eigenvalue weighted by atomic mass is 10.4. The Bertz CT molecular complexity index is 1120. The lowest BCUT2D eigenvalue weighted by Gasteiger charge is -2.27. The Balaban J connectivity index is 2.11. The van der Waals surface area contributed by atoms with Crippen LogP contribution in [0.5, 0.6) is 0 Å². The molecule has 0 bridgehead atoms. The van der Waals surface area contributed by atoms with E-state index in [-0.39, 0.29) is 31.1 Å². The number of carbonyl (C=O) groups is 2. The number of ether oxygens (including phenoxy) is 3. The van der Waals surface area contributed by atoms with Crippen LogP contribution < -0.4 is 21.2 Å². The van der Waals surface area contributed by atoms with Gasteiger partial charge in [-0.15, -0.1) is 6.58 Å². The zero-order valence-corrected chi connectivity index (χ0v) is 23.7. The summed E-state index contributed by atoms with van der Waals surface area (Å²) in [5, 5.41) is 8.59. The molecular weight excluding hydrogens is 515 g/mol. The van der Waals surface area contributed by atoms with E-state index in [0.717, 1.165) is 0 Å². The van der Waals surface area contributed by atoms with Gasteiger partial charge in [0.05, 0.1) is 25.1 Å². The summed E-state index contributed by atoms with van der Waals surface area (Å²) in [6, 6.07) is -1.85. The summed E-state index contributed by atoms with van der Waals surface area (Å²) in [7, 11) is -3.62. The monoisotopic (exact) mass is 554 g/mol. The molecule has 2 atom stereocenters. The topological polar surface area (TPSA) is 185 Å². The molecule has 0 aliphatic carbocycles. The second-order valence-electron chi connectivity index (χ2n) is 9.16. The molecule has 0 amide bonds. The van der Waals surface area contributed by atoms with Crippen molar-refractivity contribution >= 4 is 42.3 Å². The number of anilines is 2. The van der Waals surface area contributed by atoms with E-state index in [9.17, 15) is 14.2 Å². The third-order valence-electron chi connectivity index (χ3n) is 4.86. The van der Waals surface area contributed by atoms with Crippen molar-refractivity contribution in [1.29, 1.82) is 0 Å². The number of nitrogens with one attached hydrogen (secondary N) is 3. The minimum atomic E-state index is -3.62. The fourth-order valence-corrected chi connectivity index (χ4v) is 5.36. The molecule has 15 heteroatoms. The first-order valence-corrected chi connectivity index (χ1v) is 14.2. The lowest BCUT2D eigenvalue weighted by Crippen LogP contribution is -2.43. The molecule has 2 aromatic heterocycles. The zero-order valence-electron chi connectivity index (χ0n) is 22.8. The number of nitrogens with two attached hydrogens (primary N) is 1. The van der Waals surface area contributed by atoms with E-state index in [1.807, 2.05) is 0 Å². The van der Waals surface area contributed by atoms with Crippen molar-refractivity contribution in [2.24, 2.45) is 0 Å². The normalized spacial score (nSPS) is 14.7. The van der Waals surface area contributed by atoms with Gasteiger partial charge in [0.25, 0.3) is 0 Å². The van der Waals surface area contributed by atoms with Crippen LogP contribution in [0.1, 0.15) is 41.5 Å². The van der Waals surface area contributed by atoms with Crippen LogP contribution in [0.25, 0.3) is 11.2 Å². The second kappa shape index (κ2) is 14.2. The third-order valence-corrected chi connectivity index (χ3v) is 7.01. The van der Waals surface area contributed by atoms with E-state index in [1.54, 1.807) is 44.7 Å². The van der Waals surface area contributed by atoms with Gasteiger partial charge >= 0.3 is 11.9 Å². The minimum Gasteiger partial charge on any atom is -0.462 e. The summed E-state index contributed by atoms with van der Waals surface area (Å²) in [4.78, 5) is 37.4. The number of rotatable bonds is 16. The molecule has 2 rings (SSSR count). The average molecular weight is 555 g/mol. The second-order valence-corrected chi connectivity index (χ2v) is 11.4. The molecule has 38 heavy (non-hydrogen) atoms. The van der Waals surface area contributed by atoms with Crippen molar-refractivity contribution in [3.8, 4) is 0 Å². The molecule has 0 saturated heterocycles. The average Bonchev–Trinajstić information content (AvgIpc) is 3.21. The molecule has 2 heterocycles. The Hall–Kier alpha value is -3.06. The Morgan fingerprint density at radius 3 is 2.18 bits per heavy atom. The molecule has 0 radical (unpaired) electrons. The van der Waals surface area contributed by atoms with E-state index in [2.05, 4.69) is 37.0 Å². The number of fused-ring (bicyclic) bond motifs is 1. The minimum absolute atomic E-state index is 0.0779. The van der Waals surface area contributed by atoms with Crippen LogP contribution in [0.4, 0.5) is 11.8 Å². The highest BCUT2D eigenvalue weighted by atomic mass is 31.2. The molecule has 0 aliphatic heterocycles. The predicted octanol–water partition coefficient (Wildman–Crippen LogP) is 2.03. The molecule has 0 spiro atoms. The van der Waals surface area contributed by atoms with Crippen LogP contribution in [0.2, 0.25) is 0 Å². The number of hydrogen-bond acceptors (Lipinski definition) is 11. The predicted molar refractivity (Wildman–Crippen MR) is 144 cm³/mol. The van der Waals surface area contributed by atoms with Crippen molar-refractivity contribution < 1.29 is 28.4 Å². The van der Waals surface area contributed by atoms with Gasteiger partial charge in [0, 0.05) is 13.1 Å². The molecule has 2 aromatic rings. The molecule has 14 nitrogen and oxygen atoms in total. The summed E-state index contributed by atoms with van der Waals surface area (Å²) in [6.45, 7) is 14.5. The van der Waals surface area contributed by atoms with Crippen molar-refractivity contribution in [3.63, 3.8) is 0 Å². The molecule has 0 aromatic carbocycles. The van der Waals surface area contributed by atoms with E-state index in [0.29, 0.717) is 30.1 Å². The van der Waals surface area contributed by atoms with E-state index in [4.69, 9.17) is 19.9 Å².